The molecule has 1 heterocycles. The third-order valence-electron chi connectivity index (χ3n) is 1.92. The minimum atomic E-state index is 0.815. The fraction of sp³-hybridized carbons (Fsp3) is 0.600. The quantitative estimate of drug-likeness (QED) is 0.565. The fourth-order valence-electron chi connectivity index (χ4n) is 1.13. The highest BCUT2D eigenvalue weighted by Crippen LogP contribution is 2.23. The normalized spacial score (nSPS) is 10.6. The lowest BCUT2D eigenvalue weighted by Crippen LogP contribution is -1.97. The topological polar surface area (TPSA) is 39.2 Å². The first kappa shape index (κ1) is 10.7. The second-order valence-corrected chi connectivity index (χ2v) is 4.18. The van der Waals surface area contributed by atoms with Gasteiger partial charge in [-0.2, -0.15) is 0 Å². The maximum Gasteiger partial charge on any atom is 0.114 e. The van der Waals surface area contributed by atoms with Gasteiger partial charge in [-0.1, -0.05) is 6.42 Å². The first-order valence-electron chi connectivity index (χ1n) is 4.71. The fourth-order valence-corrected chi connectivity index (χ4v) is 2.10. The van der Waals surface area contributed by atoms with E-state index in [1.807, 2.05) is 24.8 Å². The van der Waals surface area contributed by atoms with Crippen molar-refractivity contribution in [2.75, 3.05) is 12.3 Å². The van der Waals surface area contributed by atoms with Gasteiger partial charge in [0.05, 0.1) is 6.26 Å². The third-order valence-corrected chi connectivity index (χ3v) is 3.14. The molecule has 2 nitrogen and oxygen atoms in total. The van der Waals surface area contributed by atoms with E-state index in [1.165, 1.54) is 23.5 Å². The number of thioether (sulfide) groups is 1. The van der Waals surface area contributed by atoms with Gasteiger partial charge in [-0.25, -0.2) is 0 Å². The molecule has 0 aliphatic carbocycles. The average Bonchev–Trinajstić information content (AvgIpc) is 2.52. The molecule has 0 fully saturated rings. The third kappa shape index (κ3) is 3.87. The van der Waals surface area contributed by atoms with Gasteiger partial charge in [0.1, 0.15) is 5.76 Å². The second-order valence-electron chi connectivity index (χ2n) is 3.04. The molecule has 1 aromatic rings. The van der Waals surface area contributed by atoms with E-state index in [0.29, 0.717) is 0 Å². The summed E-state index contributed by atoms with van der Waals surface area (Å²) in [5, 5.41) is 0. The Kier molecular flexibility index (Phi) is 5.01. The Morgan fingerprint density at radius 3 is 2.85 bits per heavy atom. The summed E-state index contributed by atoms with van der Waals surface area (Å²) in [5.41, 5.74) is 5.41. The zero-order valence-electron chi connectivity index (χ0n) is 8.08. The molecule has 0 saturated carbocycles. The van der Waals surface area contributed by atoms with Gasteiger partial charge in [-0.15, -0.1) is 11.8 Å². The lowest BCUT2D eigenvalue weighted by molar-refractivity contribution is 0.527. The standard InChI is InChI=1S/C10H17NOS/c1-9-10(5-7-12-9)13-8-4-2-3-6-11/h5,7H,2-4,6,8,11H2,1H3. The van der Waals surface area contributed by atoms with E-state index in [4.69, 9.17) is 10.2 Å². The highest BCUT2D eigenvalue weighted by Gasteiger charge is 2.00. The summed E-state index contributed by atoms with van der Waals surface area (Å²) >= 11 is 1.87. The predicted octanol–water partition coefficient (Wildman–Crippen LogP) is 2.81. The van der Waals surface area contributed by atoms with Gasteiger partial charge in [-0.05, 0) is 38.1 Å². The highest BCUT2D eigenvalue weighted by atomic mass is 32.2. The number of nitrogens with two attached hydrogens (primary N) is 1. The Balaban J connectivity index is 2.10. The second kappa shape index (κ2) is 6.11. The molecule has 2 N–H and O–H groups in total. The Morgan fingerprint density at radius 1 is 1.38 bits per heavy atom. The molecule has 13 heavy (non-hydrogen) atoms. The Bertz CT molecular complexity index is 235. The molecular formula is C10H17NOS. The lowest BCUT2D eigenvalue weighted by Gasteiger charge is -1.99. The summed E-state index contributed by atoms with van der Waals surface area (Å²) < 4.78 is 5.20. The molecule has 3 heteroatoms. The van der Waals surface area contributed by atoms with Gasteiger partial charge < -0.3 is 10.2 Å². The van der Waals surface area contributed by atoms with E-state index in [-0.39, 0.29) is 0 Å². The average molecular weight is 199 g/mol. The van der Waals surface area contributed by atoms with Crippen LogP contribution in [0.15, 0.2) is 21.6 Å². The summed E-state index contributed by atoms with van der Waals surface area (Å²) in [7, 11) is 0. The SMILES string of the molecule is Cc1occc1SCCCCCN. The van der Waals surface area contributed by atoms with E-state index in [1.54, 1.807) is 6.26 Å². The van der Waals surface area contributed by atoms with Crippen molar-refractivity contribution in [3.63, 3.8) is 0 Å². The molecule has 0 aromatic carbocycles. The van der Waals surface area contributed by atoms with Crippen LogP contribution in [0, 0.1) is 6.92 Å². The van der Waals surface area contributed by atoms with Crippen LogP contribution in [0.4, 0.5) is 0 Å². The maximum atomic E-state index is 5.41. The first-order valence-corrected chi connectivity index (χ1v) is 5.70. The number of hydrogen-bond donors (Lipinski definition) is 1. The van der Waals surface area contributed by atoms with Crippen molar-refractivity contribution in [2.24, 2.45) is 5.73 Å². The van der Waals surface area contributed by atoms with E-state index in [0.717, 1.165) is 18.7 Å². The van der Waals surface area contributed by atoms with Gasteiger partial charge in [-0.3, -0.25) is 0 Å². The summed E-state index contributed by atoms with van der Waals surface area (Å²) in [4.78, 5) is 1.27. The molecule has 0 spiro atoms. The molecule has 0 aliphatic rings. The minimum Gasteiger partial charge on any atom is -0.468 e. The van der Waals surface area contributed by atoms with Crippen molar-refractivity contribution in [2.45, 2.75) is 31.1 Å². The monoisotopic (exact) mass is 199 g/mol. The smallest absolute Gasteiger partial charge is 0.114 e. The summed E-state index contributed by atoms with van der Waals surface area (Å²) in [6, 6.07) is 2.03. The zero-order valence-corrected chi connectivity index (χ0v) is 8.90. The van der Waals surface area contributed by atoms with Gasteiger partial charge in [0.15, 0.2) is 0 Å². The van der Waals surface area contributed by atoms with Crippen LogP contribution in [0.1, 0.15) is 25.0 Å². The molecule has 0 bridgehead atoms. The van der Waals surface area contributed by atoms with E-state index < -0.39 is 0 Å². The molecule has 1 rings (SSSR count). The first-order chi connectivity index (χ1) is 6.34. The molecule has 0 saturated heterocycles. The summed E-state index contributed by atoms with van der Waals surface area (Å²) in [6.45, 7) is 2.82. The van der Waals surface area contributed by atoms with Gasteiger partial charge in [0.25, 0.3) is 0 Å². The molecule has 1 aromatic heterocycles. The Hall–Kier alpha value is -0.410. The van der Waals surface area contributed by atoms with Crippen LogP contribution in [-0.2, 0) is 0 Å². The van der Waals surface area contributed by atoms with Crippen LogP contribution in [-0.4, -0.2) is 12.3 Å². The van der Waals surface area contributed by atoms with Crippen LogP contribution < -0.4 is 5.73 Å². The number of hydrogen-bond acceptors (Lipinski definition) is 3. The van der Waals surface area contributed by atoms with E-state index in [2.05, 4.69) is 0 Å². The van der Waals surface area contributed by atoms with Crippen molar-refractivity contribution in [3.05, 3.63) is 18.1 Å². The molecule has 0 amide bonds. The zero-order chi connectivity index (χ0) is 9.52. The van der Waals surface area contributed by atoms with Crippen LogP contribution in [0.25, 0.3) is 0 Å². The molecule has 0 aliphatic heterocycles. The number of aryl methyl sites for hydroxylation is 1. The highest BCUT2D eigenvalue weighted by molar-refractivity contribution is 7.99. The lowest BCUT2D eigenvalue weighted by atomic mass is 10.2. The van der Waals surface area contributed by atoms with Crippen molar-refractivity contribution >= 4 is 11.8 Å². The largest absolute Gasteiger partial charge is 0.468 e. The Morgan fingerprint density at radius 2 is 2.23 bits per heavy atom. The van der Waals surface area contributed by atoms with Gasteiger partial charge >= 0.3 is 0 Å². The van der Waals surface area contributed by atoms with Crippen LogP contribution >= 0.6 is 11.8 Å². The van der Waals surface area contributed by atoms with Crippen LogP contribution in [0.2, 0.25) is 0 Å². The maximum absolute atomic E-state index is 5.41. The molecule has 0 atom stereocenters. The van der Waals surface area contributed by atoms with Crippen LogP contribution in [0.3, 0.4) is 0 Å². The molecule has 0 unspecified atom stereocenters. The molecule has 74 valence electrons. The van der Waals surface area contributed by atoms with Crippen molar-refractivity contribution in [1.29, 1.82) is 0 Å². The summed E-state index contributed by atoms with van der Waals surface area (Å²) in [6.07, 6.45) is 5.37. The predicted molar refractivity (Wildman–Crippen MR) is 57.1 cm³/mol. The summed E-state index contributed by atoms with van der Waals surface area (Å²) in [5.74, 6) is 2.20. The minimum absolute atomic E-state index is 0.815. The molecular weight excluding hydrogens is 182 g/mol. The number of furan rings is 1. The van der Waals surface area contributed by atoms with Gasteiger partial charge in [0.2, 0.25) is 0 Å². The van der Waals surface area contributed by atoms with E-state index in [9.17, 15) is 0 Å². The van der Waals surface area contributed by atoms with Crippen molar-refractivity contribution < 1.29 is 4.42 Å². The Labute approximate surface area is 83.9 Å². The number of rotatable bonds is 6. The van der Waals surface area contributed by atoms with Crippen molar-refractivity contribution in [1.82, 2.24) is 0 Å². The van der Waals surface area contributed by atoms with E-state index >= 15 is 0 Å². The molecule has 0 radical (unpaired) electrons. The van der Waals surface area contributed by atoms with Gasteiger partial charge in [0, 0.05) is 4.90 Å². The number of unbranched alkanes of at least 4 members (excludes halogenated alkanes) is 2. The van der Waals surface area contributed by atoms with Crippen molar-refractivity contribution in [3.8, 4) is 0 Å². The van der Waals surface area contributed by atoms with Crippen LogP contribution in [0.5, 0.6) is 0 Å².